The fraction of sp³-hybridized carbons (Fsp3) is 0.300. The van der Waals surface area contributed by atoms with Crippen molar-refractivity contribution in [3.05, 3.63) is 77.4 Å². The molecule has 0 unspecified atom stereocenters. The molecule has 0 saturated carbocycles. The van der Waals surface area contributed by atoms with E-state index in [1.54, 1.807) is 0 Å². The molecule has 0 bridgehead atoms. The maximum atomic E-state index is 4.24. The summed E-state index contributed by atoms with van der Waals surface area (Å²) in [6.45, 7) is 13.1. The van der Waals surface area contributed by atoms with E-state index in [4.69, 9.17) is 0 Å². The molecule has 2 rings (SSSR count). The standard InChI is InChI=1S/C20H24/c1-14(2)17-6-10-19(11-7-17)16(5)20-12-8-18(9-13-20)15(3)4/h6-15H,5H2,1-4H3. The quantitative estimate of drug-likeness (QED) is 0.635. The molecule has 0 heterocycles. The Morgan fingerprint density at radius 1 is 0.650 bits per heavy atom. The number of hydrogen-bond acceptors (Lipinski definition) is 0. The molecule has 0 radical (unpaired) electrons. The zero-order valence-electron chi connectivity index (χ0n) is 13.0. The van der Waals surface area contributed by atoms with Crippen LogP contribution in [0.4, 0.5) is 0 Å². The second-order valence-corrected chi connectivity index (χ2v) is 6.03. The predicted octanol–water partition coefficient (Wildman–Crippen LogP) is 5.99. The second kappa shape index (κ2) is 6.09. The first-order valence-electron chi connectivity index (χ1n) is 7.38. The molecule has 0 atom stereocenters. The van der Waals surface area contributed by atoms with Gasteiger partial charge < -0.3 is 0 Å². The van der Waals surface area contributed by atoms with Crippen LogP contribution < -0.4 is 0 Å². The Hall–Kier alpha value is -1.82. The minimum Gasteiger partial charge on any atom is -0.0906 e. The van der Waals surface area contributed by atoms with Crippen molar-refractivity contribution < 1.29 is 0 Å². The molecule has 0 amide bonds. The highest BCUT2D eigenvalue weighted by molar-refractivity contribution is 5.78. The summed E-state index contributed by atoms with van der Waals surface area (Å²) in [7, 11) is 0. The van der Waals surface area contributed by atoms with Crippen LogP contribution >= 0.6 is 0 Å². The highest BCUT2D eigenvalue weighted by atomic mass is 14.1. The normalized spacial score (nSPS) is 11.1. The van der Waals surface area contributed by atoms with Gasteiger partial charge in [-0.15, -0.1) is 0 Å². The van der Waals surface area contributed by atoms with E-state index in [-0.39, 0.29) is 0 Å². The van der Waals surface area contributed by atoms with Crippen LogP contribution in [0.2, 0.25) is 0 Å². The van der Waals surface area contributed by atoms with Crippen molar-refractivity contribution >= 4 is 5.57 Å². The smallest absolute Gasteiger partial charge is 0.0183 e. The molecule has 2 aromatic carbocycles. The summed E-state index contributed by atoms with van der Waals surface area (Å²) in [5, 5.41) is 0. The average molecular weight is 264 g/mol. The minimum absolute atomic E-state index is 0.572. The Morgan fingerprint density at radius 3 is 1.20 bits per heavy atom. The maximum absolute atomic E-state index is 4.24. The molecule has 20 heavy (non-hydrogen) atoms. The zero-order chi connectivity index (χ0) is 14.7. The second-order valence-electron chi connectivity index (χ2n) is 6.03. The van der Waals surface area contributed by atoms with Crippen LogP contribution in [-0.2, 0) is 0 Å². The molecular formula is C20H24. The van der Waals surface area contributed by atoms with Gasteiger partial charge in [-0.2, -0.15) is 0 Å². The first-order chi connectivity index (χ1) is 9.49. The van der Waals surface area contributed by atoms with Gasteiger partial charge >= 0.3 is 0 Å². The largest absolute Gasteiger partial charge is 0.0906 e. The molecule has 0 aliphatic carbocycles. The Morgan fingerprint density at radius 2 is 0.950 bits per heavy atom. The number of hydrogen-bond donors (Lipinski definition) is 0. The molecule has 0 heteroatoms. The van der Waals surface area contributed by atoms with Crippen LogP contribution in [0.25, 0.3) is 5.57 Å². The van der Waals surface area contributed by atoms with Crippen LogP contribution in [0.5, 0.6) is 0 Å². The highest BCUT2D eigenvalue weighted by Gasteiger charge is 2.05. The van der Waals surface area contributed by atoms with Crippen LogP contribution in [0.15, 0.2) is 55.1 Å². The van der Waals surface area contributed by atoms with E-state index in [9.17, 15) is 0 Å². The van der Waals surface area contributed by atoms with E-state index in [1.165, 1.54) is 22.3 Å². The van der Waals surface area contributed by atoms with Gasteiger partial charge in [0.25, 0.3) is 0 Å². The zero-order valence-corrected chi connectivity index (χ0v) is 13.0. The summed E-state index contributed by atoms with van der Waals surface area (Å²) < 4.78 is 0. The molecule has 0 fully saturated rings. The lowest BCUT2D eigenvalue weighted by molar-refractivity contribution is 0.866. The molecule has 0 aromatic heterocycles. The van der Waals surface area contributed by atoms with Gasteiger partial charge in [0.05, 0.1) is 0 Å². The summed E-state index contributed by atoms with van der Waals surface area (Å²) in [6.07, 6.45) is 0. The van der Waals surface area contributed by atoms with Gasteiger partial charge in [0.2, 0.25) is 0 Å². The van der Waals surface area contributed by atoms with E-state index in [1.807, 2.05) is 0 Å². The van der Waals surface area contributed by atoms with Crippen LogP contribution in [-0.4, -0.2) is 0 Å². The van der Waals surface area contributed by atoms with Gasteiger partial charge in [-0.25, -0.2) is 0 Å². The molecule has 0 spiro atoms. The average Bonchev–Trinajstić information content (AvgIpc) is 2.46. The molecule has 0 aliphatic heterocycles. The summed E-state index contributed by atoms with van der Waals surface area (Å²) >= 11 is 0. The van der Waals surface area contributed by atoms with Gasteiger partial charge in [-0.3, -0.25) is 0 Å². The van der Waals surface area contributed by atoms with Gasteiger partial charge in [0.1, 0.15) is 0 Å². The monoisotopic (exact) mass is 264 g/mol. The van der Waals surface area contributed by atoms with Crippen molar-refractivity contribution in [2.75, 3.05) is 0 Å². The minimum atomic E-state index is 0.572. The van der Waals surface area contributed by atoms with Crippen molar-refractivity contribution in [1.82, 2.24) is 0 Å². The Kier molecular flexibility index (Phi) is 4.44. The lowest BCUT2D eigenvalue weighted by Crippen LogP contribution is -1.91. The van der Waals surface area contributed by atoms with E-state index in [2.05, 4.69) is 82.8 Å². The van der Waals surface area contributed by atoms with Crippen LogP contribution in [0, 0.1) is 0 Å². The van der Waals surface area contributed by atoms with Gasteiger partial charge in [-0.05, 0) is 39.7 Å². The highest BCUT2D eigenvalue weighted by Crippen LogP contribution is 2.25. The molecular weight excluding hydrogens is 240 g/mol. The number of rotatable bonds is 4. The van der Waals surface area contributed by atoms with E-state index in [0.29, 0.717) is 11.8 Å². The van der Waals surface area contributed by atoms with E-state index < -0.39 is 0 Å². The lowest BCUT2D eigenvalue weighted by Gasteiger charge is -2.11. The van der Waals surface area contributed by atoms with Crippen molar-refractivity contribution in [2.24, 2.45) is 0 Å². The third kappa shape index (κ3) is 3.19. The Bertz CT molecular complexity index is 515. The molecule has 2 aromatic rings. The van der Waals surface area contributed by atoms with Gasteiger partial charge in [0.15, 0.2) is 0 Å². The third-order valence-electron chi connectivity index (χ3n) is 3.85. The van der Waals surface area contributed by atoms with Gasteiger partial charge in [0, 0.05) is 0 Å². The topological polar surface area (TPSA) is 0 Å². The van der Waals surface area contributed by atoms with Crippen molar-refractivity contribution in [3.63, 3.8) is 0 Å². The first-order valence-corrected chi connectivity index (χ1v) is 7.38. The Balaban J connectivity index is 2.22. The summed E-state index contributed by atoms with van der Waals surface area (Å²) in [5.74, 6) is 1.14. The molecule has 0 aliphatic rings. The predicted molar refractivity (Wildman–Crippen MR) is 89.2 cm³/mol. The number of benzene rings is 2. The van der Waals surface area contributed by atoms with E-state index >= 15 is 0 Å². The van der Waals surface area contributed by atoms with Crippen molar-refractivity contribution in [2.45, 2.75) is 39.5 Å². The fourth-order valence-electron chi connectivity index (χ4n) is 2.31. The van der Waals surface area contributed by atoms with Crippen LogP contribution in [0.3, 0.4) is 0 Å². The third-order valence-corrected chi connectivity index (χ3v) is 3.85. The molecule has 0 nitrogen and oxygen atoms in total. The molecule has 104 valence electrons. The summed E-state index contributed by atoms with van der Waals surface area (Å²) in [6, 6.07) is 17.5. The maximum Gasteiger partial charge on any atom is -0.0183 e. The van der Waals surface area contributed by atoms with Crippen molar-refractivity contribution in [1.29, 1.82) is 0 Å². The van der Waals surface area contributed by atoms with Gasteiger partial charge in [-0.1, -0.05) is 82.8 Å². The molecule has 0 saturated heterocycles. The summed E-state index contributed by atoms with van der Waals surface area (Å²) in [4.78, 5) is 0. The lowest BCUT2D eigenvalue weighted by atomic mass is 9.94. The summed E-state index contributed by atoms with van der Waals surface area (Å²) in [5.41, 5.74) is 6.24. The van der Waals surface area contributed by atoms with Crippen LogP contribution in [0.1, 0.15) is 61.8 Å². The molecule has 0 N–H and O–H groups in total. The first kappa shape index (κ1) is 14.6. The van der Waals surface area contributed by atoms with E-state index in [0.717, 1.165) is 5.57 Å². The SMILES string of the molecule is C=C(c1ccc(C(C)C)cc1)c1ccc(C(C)C)cc1. The van der Waals surface area contributed by atoms with Crippen molar-refractivity contribution in [3.8, 4) is 0 Å². The fourth-order valence-corrected chi connectivity index (χ4v) is 2.31. The Labute approximate surface area is 123 Å².